The first-order valence-electron chi connectivity index (χ1n) is 4.80. The van der Waals surface area contributed by atoms with Crippen LogP contribution < -0.4 is 5.32 Å². The van der Waals surface area contributed by atoms with Gasteiger partial charge in [0.05, 0.1) is 17.5 Å². The molecule has 0 spiro atoms. The molecule has 2 unspecified atom stereocenters. The average Bonchev–Trinajstić information content (AvgIpc) is 2.15. The molecule has 4 nitrogen and oxygen atoms in total. The van der Waals surface area contributed by atoms with E-state index in [1.165, 1.54) is 0 Å². The Kier molecular flexibility index (Phi) is 3.98. The molecule has 2 atom stereocenters. The maximum atomic E-state index is 9.12. The number of rotatable bonds is 4. The van der Waals surface area contributed by atoms with Crippen molar-refractivity contribution in [2.24, 2.45) is 0 Å². The van der Waals surface area contributed by atoms with Crippen molar-refractivity contribution in [3.63, 3.8) is 0 Å². The number of aliphatic hydroxyl groups is 1. The van der Waals surface area contributed by atoms with Gasteiger partial charge in [-0.25, -0.2) is 0 Å². The Morgan fingerprint density at radius 2 is 2.00 bits per heavy atom. The highest BCUT2D eigenvalue weighted by molar-refractivity contribution is 5.12. The average molecular weight is 195 g/mol. The first-order chi connectivity index (χ1) is 6.61. The third kappa shape index (κ3) is 3.05. The number of aromatic nitrogens is 2. The molecule has 0 aliphatic rings. The summed E-state index contributed by atoms with van der Waals surface area (Å²) in [5.74, 6) is 0. The standard InChI is InChI=1S/C10H17N3O/c1-7(14)6-13-9(3)10-8(2)11-4-5-12-10/h4-5,7,9,13-14H,6H2,1-3H3. The van der Waals surface area contributed by atoms with E-state index in [1.807, 2.05) is 13.8 Å². The van der Waals surface area contributed by atoms with Gasteiger partial charge in [0.2, 0.25) is 0 Å². The number of aliphatic hydroxyl groups excluding tert-OH is 1. The van der Waals surface area contributed by atoms with Crippen LogP contribution in [-0.4, -0.2) is 27.7 Å². The number of nitrogens with one attached hydrogen (secondary N) is 1. The van der Waals surface area contributed by atoms with Crippen molar-refractivity contribution in [3.8, 4) is 0 Å². The number of hydrogen-bond acceptors (Lipinski definition) is 4. The Morgan fingerprint density at radius 3 is 2.57 bits per heavy atom. The zero-order chi connectivity index (χ0) is 10.6. The molecule has 0 bridgehead atoms. The third-order valence-corrected chi connectivity index (χ3v) is 2.05. The second-order valence-corrected chi connectivity index (χ2v) is 3.51. The van der Waals surface area contributed by atoms with Crippen molar-refractivity contribution in [1.29, 1.82) is 0 Å². The predicted octanol–water partition coefficient (Wildman–Crippen LogP) is 0.816. The lowest BCUT2D eigenvalue weighted by atomic mass is 10.2. The summed E-state index contributed by atoms with van der Waals surface area (Å²) in [6.45, 7) is 6.27. The quantitative estimate of drug-likeness (QED) is 0.746. The zero-order valence-corrected chi connectivity index (χ0v) is 8.86. The molecule has 0 saturated heterocycles. The molecular weight excluding hydrogens is 178 g/mol. The fourth-order valence-corrected chi connectivity index (χ4v) is 1.29. The van der Waals surface area contributed by atoms with Gasteiger partial charge in [0, 0.05) is 25.0 Å². The Bertz CT molecular complexity index is 288. The zero-order valence-electron chi connectivity index (χ0n) is 8.86. The van der Waals surface area contributed by atoms with Crippen molar-refractivity contribution >= 4 is 0 Å². The Hall–Kier alpha value is -1.00. The monoisotopic (exact) mass is 195 g/mol. The lowest BCUT2D eigenvalue weighted by Crippen LogP contribution is -2.28. The Morgan fingerprint density at radius 1 is 1.36 bits per heavy atom. The van der Waals surface area contributed by atoms with E-state index >= 15 is 0 Å². The van der Waals surface area contributed by atoms with Crippen LogP contribution in [0, 0.1) is 6.92 Å². The molecule has 0 radical (unpaired) electrons. The summed E-state index contributed by atoms with van der Waals surface area (Å²) < 4.78 is 0. The van der Waals surface area contributed by atoms with Gasteiger partial charge in [-0.1, -0.05) is 0 Å². The first kappa shape index (κ1) is 11.1. The molecule has 0 aliphatic carbocycles. The van der Waals surface area contributed by atoms with Crippen molar-refractivity contribution in [1.82, 2.24) is 15.3 Å². The van der Waals surface area contributed by atoms with Crippen LogP contribution >= 0.6 is 0 Å². The molecule has 0 saturated carbocycles. The van der Waals surface area contributed by atoms with Gasteiger partial charge >= 0.3 is 0 Å². The minimum Gasteiger partial charge on any atom is -0.392 e. The molecule has 14 heavy (non-hydrogen) atoms. The van der Waals surface area contributed by atoms with E-state index in [1.54, 1.807) is 19.3 Å². The van der Waals surface area contributed by atoms with Gasteiger partial charge in [-0.15, -0.1) is 0 Å². The van der Waals surface area contributed by atoms with Crippen molar-refractivity contribution in [3.05, 3.63) is 23.8 Å². The van der Waals surface area contributed by atoms with Gasteiger partial charge in [-0.05, 0) is 20.8 Å². The molecule has 0 fully saturated rings. The molecule has 1 aromatic heterocycles. The summed E-state index contributed by atoms with van der Waals surface area (Å²) in [4.78, 5) is 8.41. The highest BCUT2D eigenvalue weighted by Crippen LogP contribution is 2.10. The topological polar surface area (TPSA) is 58.0 Å². The van der Waals surface area contributed by atoms with Crippen LogP contribution in [0.15, 0.2) is 12.4 Å². The predicted molar refractivity (Wildman–Crippen MR) is 54.9 cm³/mol. The van der Waals surface area contributed by atoms with Crippen LogP contribution in [-0.2, 0) is 0 Å². The van der Waals surface area contributed by atoms with E-state index in [0.29, 0.717) is 6.54 Å². The molecule has 1 aromatic rings. The summed E-state index contributed by atoms with van der Waals surface area (Å²) in [5.41, 5.74) is 1.87. The van der Waals surface area contributed by atoms with Gasteiger partial charge in [0.15, 0.2) is 0 Å². The minimum absolute atomic E-state index is 0.123. The smallest absolute Gasteiger partial charge is 0.0782 e. The fourth-order valence-electron chi connectivity index (χ4n) is 1.29. The summed E-state index contributed by atoms with van der Waals surface area (Å²) in [6.07, 6.45) is 3.03. The Labute approximate surface area is 84.4 Å². The van der Waals surface area contributed by atoms with E-state index in [-0.39, 0.29) is 12.1 Å². The number of hydrogen-bond donors (Lipinski definition) is 2. The molecule has 1 heterocycles. The lowest BCUT2D eigenvalue weighted by molar-refractivity contribution is 0.187. The van der Waals surface area contributed by atoms with Gasteiger partial charge in [0.25, 0.3) is 0 Å². The third-order valence-electron chi connectivity index (χ3n) is 2.05. The van der Waals surface area contributed by atoms with Gasteiger partial charge in [-0.2, -0.15) is 0 Å². The van der Waals surface area contributed by atoms with E-state index in [0.717, 1.165) is 11.4 Å². The van der Waals surface area contributed by atoms with Crippen LogP contribution in [0.5, 0.6) is 0 Å². The molecule has 0 aliphatic heterocycles. The summed E-state index contributed by atoms with van der Waals surface area (Å²) in [5, 5.41) is 12.3. The number of aryl methyl sites for hydroxylation is 1. The molecular formula is C10H17N3O. The molecule has 0 aromatic carbocycles. The van der Waals surface area contributed by atoms with Crippen molar-refractivity contribution in [2.75, 3.05) is 6.54 Å². The fraction of sp³-hybridized carbons (Fsp3) is 0.600. The molecule has 4 heteroatoms. The van der Waals surface area contributed by atoms with Crippen LogP contribution in [0.4, 0.5) is 0 Å². The largest absolute Gasteiger partial charge is 0.392 e. The minimum atomic E-state index is -0.338. The van der Waals surface area contributed by atoms with Crippen molar-refractivity contribution < 1.29 is 5.11 Å². The first-order valence-corrected chi connectivity index (χ1v) is 4.80. The second-order valence-electron chi connectivity index (χ2n) is 3.51. The van der Waals surface area contributed by atoms with E-state index in [2.05, 4.69) is 15.3 Å². The lowest BCUT2D eigenvalue weighted by Gasteiger charge is -2.15. The van der Waals surface area contributed by atoms with E-state index in [4.69, 9.17) is 5.11 Å². The molecule has 1 rings (SSSR count). The maximum absolute atomic E-state index is 9.12. The van der Waals surface area contributed by atoms with Gasteiger partial charge < -0.3 is 10.4 Å². The van der Waals surface area contributed by atoms with Crippen LogP contribution in [0.3, 0.4) is 0 Å². The second kappa shape index (κ2) is 5.02. The van der Waals surface area contributed by atoms with E-state index in [9.17, 15) is 0 Å². The highest BCUT2D eigenvalue weighted by Gasteiger charge is 2.10. The highest BCUT2D eigenvalue weighted by atomic mass is 16.3. The van der Waals surface area contributed by atoms with Crippen LogP contribution in [0.2, 0.25) is 0 Å². The number of nitrogens with zero attached hydrogens (tertiary/aromatic N) is 2. The Balaban J connectivity index is 2.60. The van der Waals surface area contributed by atoms with Crippen LogP contribution in [0.1, 0.15) is 31.3 Å². The van der Waals surface area contributed by atoms with Gasteiger partial charge in [0.1, 0.15) is 0 Å². The van der Waals surface area contributed by atoms with E-state index < -0.39 is 0 Å². The summed E-state index contributed by atoms with van der Waals surface area (Å²) in [7, 11) is 0. The van der Waals surface area contributed by atoms with Gasteiger partial charge in [-0.3, -0.25) is 9.97 Å². The summed E-state index contributed by atoms with van der Waals surface area (Å²) in [6, 6.07) is 0.123. The maximum Gasteiger partial charge on any atom is 0.0782 e. The molecule has 0 amide bonds. The summed E-state index contributed by atoms with van der Waals surface area (Å²) >= 11 is 0. The van der Waals surface area contributed by atoms with Crippen molar-refractivity contribution in [2.45, 2.75) is 32.9 Å². The SMILES string of the molecule is Cc1nccnc1C(C)NCC(C)O. The normalized spacial score (nSPS) is 15.1. The van der Waals surface area contributed by atoms with Crippen LogP contribution in [0.25, 0.3) is 0 Å². The molecule has 2 N–H and O–H groups in total. The molecule has 78 valence electrons.